The second-order valence-corrected chi connectivity index (χ2v) is 7.90. The monoisotopic (exact) mass is 298 g/mol. The summed E-state index contributed by atoms with van der Waals surface area (Å²) in [5.74, 6) is 0.731. The van der Waals surface area contributed by atoms with Gasteiger partial charge >= 0.3 is 0 Å². The summed E-state index contributed by atoms with van der Waals surface area (Å²) in [5.41, 5.74) is 0. The number of ether oxygens (including phenoxy) is 1. The van der Waals surface area contributed by atoms with Crippen molar-refractivity contribution in [2.75, 3.05) is 12.9 Å². The van der Waals surface area contributed by atoms with E-state index in [0.717, 1.165) is 18.6 Å². The van der Waals surface area contributed by atoms with Crippen LogP contribution in [0.5, 0.6) is 5.75 Å². The third-order valence-corrected chi connectivity index (χ3v) is 5.62. The molecule has 5 heteroatoms. The number of hydrogen-bond donors (Lipinski definition) is 1. The molecule has 0 bridgehead atoms. The number of benzene rings is 1. The van der Waals surface area contributed by atoms with Crippen LogP contribution in [-0.2, 0) is 9.84 Å². The van der Waals surface area contributed by atoms with Crippen LogP contribution < -0.4 is 4.74 Å². The lowest BCUT2D eigenvalue weighted by atomic mass is 9.85. The third kappa shape index (κ3) is 4.21. The van der Waals surface area contributed by atoms with Crippen LogP contribution in [0.3, 0.4) is 0 Å². The molecule has 0 heterocycles. The van der Waals surface area contributed by atoms with E-state index in [2.05, 4.69) is 0 Å². The first kappa shape index (κ1) is 15.3. The molecule has 3 unspecified atom stereocenters. The third-order valence-electron chi connectivity index (χ3n) is 3.98. The lowest BCUT2D eigenvalue weighted by molar-refractivity contribution is 0.0420. The Morgan fingerprint density at radius 1 is 1.30 bits per heavy atom. The van der Waals surface area contributed by atoms with Crippen molar-refractivity contribution < 1.29 is 18.3 Å². The summed E-state index contributed by atoms with van der Waals surface area (Å²) >= 11 is 0. The minimum absolute atomic E-state index is 0.00665. The van der Waals surface area contributed by atoms with E-state index in [4.69, 9.17) is 4.74 Å². The van der Waals surface area contributed by atoms with Gasteiger partial charge in [0.15, 0.2) is 0 Å². The Kier molecular flexibility index (Phi) is 5.05. The topological polar surface area (TPSA) is 63.6 Å². The Morgan fingerprint density at radius 3 is 2.65 bits per heavy atom. The molecule has 1 fully saturated rings. The molecular weight excluding hydrogens is 276 g/mol. The molecule has 3 atom stereocenters. The smallest absolute Gasteiger partial charge is 0.150 e. The van der Waals surface area contributed by atoms with E-state index in [1.54, 1.807) is 0 Å². The Balaban J connectivity index is 1.87. The van der Waals surface area contributed by atoms with Crippen LogP contribution in [0, 0.1) is 5.92 Å². The molecule has 4 nitrogen and oxygen atoms in total. The van der Waals surface area contributed by atoms with Gasteiger partial charge in [-0.05, 0) is 37.3 Å². The summed E-state index contributed by atoms with van der Waals surface area (Å²) in [6.07, 6.45) is 3.64. The van der Waals surface area contributed by atoms with Crippen molar-refractivity contribution in [3.05, 3.63) is 30.3 Å². The first-order chi connectivity index (χ1) is 9.47. The zero-order valence-electron chi connectivity index (χ0n) is 11.7. The van der Waals surface area contributed by atoms with Crippen molar-refractivity contribution >= 4 is 9.84 Å². The number of hydrogen-bond acceptors (Lipinski definition) is 4. The fraction of sp³-hybridized carbons (Fsp3) is 0.600. The minimum Gasteiger partial charge on any atom is -0.491 e. The van der Waals surface area contributed by atoms with Gasteiger partial charge in [-0.25, -0.2) is 8.42 Å². The van der Waals surface area contributed by atoms with E-state index < -0.39 is 15.9 Å². The maximum absolute atomic E-state index is 11.6. The first-order valence-corrected chi connectivity index (χ1v) is 8.97. The van der Waals surface area contributed by atoms with E-state index in [1.807, 2.05) is 30.3 Å². The molecule has 0 radical (unpaired) electrons. The van der Waals surface area contributed by atoms with Gasteiger partial charge in [0.05, 0.1) is 11.4 Å². The second-order valence-electron chi connectivity index (χ2n) is 5.57. The summed E-state index contributed by atoms with van der Waals surface area (Å²) in [6, 6.07) is 9.34. The lowest BCUT2D eigenvalue weighted by Crippen LogP contribution is -2.35. The molecule has 1 aliphatic carbocycles. The Morgan fingerprint density at radius 2 is 2.00 bits per heavy atom. The Labute approximate surface area is 120 Å². The number of para-hydroxylation sites is 1. The highest BCUT2D eigenvalue weighted by Gasteiger charge is 2.32. The molecule has 1 aromatic rings. The van der Waals surface area contributed by atoms with Crippen LogP contribution in [0.2, 0.25) is 0 Å². The average Bonchev–Trinajstić information content (AvgIpc) is 2.45. The predicted octanol–water partition coefficient (Wildman–Crippen LogP) is 2.03. The van der Waals surface area contributed by atoms with E-state index in [0.29, 0.717) is 12.8 Å². The molecule has 112 valence electrons. The maximum Gasteiger partial charge on any atom is 0.150 e. The predicted molar refractivity (Wildman–Crippen MR) is 78.5 cm³/mol. The van der Waals surface area contributed by atoms with Crippen LogP contribution in [0.4, 0.5) is 0 Å². The van der Waals surface area contributed by atoms with Crippen LogP contribution in [0.15, 0.2) is 30.3 Å². The summed E-state index contributed by atoms with van der Waals surface area (Å²) < 4.78 is 28.8. The highest BCUT2D eigenvalue weighted by molar-refractivity contribution is 7.91. The summed E-state index contributed by atoms with van der Waals surface area (Å²) in [6.45, 7) is 0.213. The Bertz CT molecular complexity index is 512. The zero-order chi connectivity index (χ0) is 14.6. The van der Waals surface area contributed by atoms with Gasteiger partial charge in [0.25, 0.3) is 0 Å². The molecule has 0 aromatic heterocycles. The summed E-state index contributed by atoms with van der Waals surface area (Å²) in [7, 11) is -3.01. The molecule has 2 rings (SSSR count). The molecular formula is C15H22O4S. The zero-order valence-corrected chi connectivity index (χ0v) is 12.6. The van der Waals surface area contributed by atoms with Gasteiger partial charge in [-0.2, -0.15) is 0 Å². The van der Waals surface area contributed by atoms with Crippen molar-refractivity contribution in [1.29, 1.82) is 0 Å². The van der Waals surface area contributed by atoms with E-state index in [1.165, 1.54) is 6.26 Å². The second kappa shape index (κ2) is 6.59. The number of aliphatic hydroxyl groups excluding tert-OH is 1. The van der Waals surface area contributed by atoms with Crippen molar-refractivity contribution in [1.82, 2.24) is 0 Å². The molecule has 0 amide bonds. The fourth-order valence-electron chi connectivity index (χ4n) is 2.75. The fourth-order valence-corrected chi connectivity index (χ4v) is 3.95. The highest BCUT2D eigenvalue weighted by Crippen LogP contribution is 2.30. The van der Waals surface area contributed by atoms with E-state index in [9.17, 15) is 13.5 Å². The molecule has 0 spiro atoms. The molecule has 1 N–H and O–H groups in total. The van der Waals surface area contributed by atoms with Gasteiger partial charge in [-0.15, -0.1) is 0 Å². The lowest BCUT2D eigenvalue weighted by Gasteiger charge is -2.31. The van der Waals surface area contributed by atoms with Gasteiger partial charge < -0.3 is 9.84 Å². The maximum atomic E-state index is 11.6. The first-order valence-electron chi connectivity index (χ1n) is 7.01. The number of sulfone groups is 1. The molecule has 0 aliphatic heterocycles. The molecule has 20 heavy (non-hydrogen) atoms. The van der Waals surface area contributed by atoms with Gasteiger partial charge in [0, 0.05) is 6.26 Å². The quantitative estimate of drug-likeness (QED) is 0.903. The van der Waals surface area contributed by atoms with Crippen LogP contribution >= 0.6 is 0 Å². The number of aliphatic hydroxyl groups is 1. The average molecular weight is 298 g/mol. The normalized spacial score (nSPS) is 25.1. The van der Waals surface area contributed by atoms with Crippen LogP contribution in [-0.4, -0.2) is 37.7 Å². The van der Waals surface area contributed by atoms with Gasteiger partial charge in [0.2, 0.25) is 0 Å². The molecule has 1 aliphatic rings. The van der Waals surface area contributed by atoms with E-state index >= 15 is 0 Å². The van der Waals surface area contributed by atoms with Gasteiger partial charge in [-0.1, -0.05) is 24.6 Å². The van der Waals surface area contributed by atoms with Crippen molar-refractivity contribution in [3.63, 3.8) is 0 Å². The van der Waals surface area contributed by atoms with Crippen LogP contribution in [0.1, 0.15) is 25.7 Å². The SMILES string of the molecule is CS(=O)(=O)C1CCCC(C(O)COc2ccccc2)C1. The highest BCUT2D eigenvalue weighted by atomic mass is 32.2. The van der Waals surface area contributed by atoms with Gasteiger partial charge in [0.1, 0.15) is 22.2 Å². The number of rotatable bonds is 5. The van der Waals surface area contributed by atoms with Crippen molar-refractivity contribution in [3.8, 4) is 5.75 Å². The van der Waals surface area contributed by atoms with Crippen molar-refractivity contribution in [2.24, 2.45) is 5.92 Å². The molecule has 0 saturated heterocycles. The largest absolute Gasteiger partial charge is 0.491 e. The molecule has 1 saturated carbocycles. The summed E-state index contributed by atoms with van der Waals surface area (Å²) in [4.78, 5) is 0. The van der Waals surface area contributed by atoms with Crippen LogP contribution in [0.25, 0.3) is 0 Å². The summed E-state index contributed by atoms with van der Waals surface area (Å²) in [5, 5.41) is 9.89. The van der Waals surface area contributed by atoms with E-state index in [-0.39, 0.29) is 17.8 Å². The molecule has 1 aromatic carbocycles. The Hall–Kier alpha value is -1.07. The van der Waals surface area contributed by atoms with Gasteiger partial charge in [-0.3, -0.25) is 0 Å². The standard InChI is InChI=1S/C15H22O4S/c1-20(17,18)14-9-5-6-12(10-14)15(16)11-19-13-7-3-2-4-8-13/h2-4,7-8,12,14-16H,5-6,9-11H2,1H3. The van der Waals surface area contributed by atoms with Crippen molar-refractivity contribution in [2.45, 2.75) is 37.0 Å². The minimum atomic E-state index is -3.01.